The van der Waals surface area contributed by atoms with Gasteiger partial charge in [0, 0.05) is 16.2 Å². The molecule has 3 rings (SSSR count). The Hall–Kier alpha value is -2.22. The first-order valence-corrected chi connectivity index (χ1v) is 8.62. The molecule has 1 amide bonds. The summed E-state index contributed by atoms with van der Waals surface area (Å²) in [6.07, 6.45) is 3.16. The molecule has 1 atom stereocenters. The third-order valence-corrected chi connectivity index (χ3v) is 4.77. The molecule has 5 nitrogen and oxygen atoms in total. The average Bonchev–Trinajstić information content (AvgIpc) is 3.15. The molecule has 122 valence electrons. The fourth-order valence-electron chi connectivity index (χ4n) is 2.44. The van der Waals surface area contributed by atoms with Crippen LogP contribution in [0.15, 0.2) is 61.2 Å². The molecule has 0 saturated carbocycles. The van der Waals surface area contributed by atoms with Crippen LogP contribution < -0.4 is 0 Å². The van der Waals surface area contributed by atoms with Crippen LogP contribution in [0.2, 0.25) is 0 Å². The molecule has 1 heterocycles. The molecule has 0 N–H and O–H groups in total. The highest BCUT2D eigenvalue weighted by molar-refractivity contribution is 14.1. The van der Waals surface area contributed by atoms with Gasteiger partial charge in [0.05, 0.1) is 11.7 Å². The van der Waals surface area contributed by atoms with E-state index in [0.717, 1.165) is 14.8 Å². The van der Waals surface area contributed by atoms with E-state index in [-0.39, 0.29) is 11.9 Å². The Bertz CT molecular complexity index is 813. The number of hydrogen-bond acceptors (Lipinski definition) is 3. The average molecular weight is 432 g/mol. The summed E-state index contributed by atoms with van der Waals surface area (Å²) in [5, 5.41) is 4.11. The zero-order valence-electron chi connectivity index (χ0n) is 13.4. The Morgan fingerprint density at radius 3 is 2.38 bits per heavy atom. The van der Waals surface area contributed by atoms with Gasteiger partial charge >= 0.3 is 0 Å². The fourth-order valence-corrected chi connectivity index (χ4v) is 2.80. The van der Waals surface area contributed by atoms with Gasteiger partial charge in [0.2, 0.25) is 0 Å². The number of aromatic nitrogens is 3. The fraction of sp³-hybridized carbons (Fsp3) is 0.167. The number of hydrogen-bond donors (Lipinski definition) is 0. The van der Waals surface area contributed by atoms with Crippen LogP contribution in [0.1, 0.15) is 28.9 Å². The molecule has 1 aromatic heterocycles. The van der Waals surface area contributed by atoms with Crippen LogP contribution in [0.3, 0.4) is 0 Å². The van der Waals surface area contributed by atoms with Crippen LogP contribution in [0.4, 0.5) is 0 Å². The first-order chi connectivity index (χ1) is 11.6. The second kappa shape index (κ2) is 7.12. The quantitative estimate of drug-likeness (QED) is 0.591. The van der Waals surface area contributed by atoms with Crippen molar-refractivity contribution in [2.45, 2.75) is 13.0 Å². The topological polar surface area (TPSA) is 51.0 Å². The van der Waals surface area contributed by atoms with E-state index < -0.39 is 0 Å². The van der Waals surface area contributed by atoms with Gasteiger partial charge in [0.15, 0.2) is 0 Å². The predicted octanol–water partition coefficient (Wildman–Crippen LogP) is 3.71. The molecule has 24 heavy (non-hydrogen) atoms. The van der Waals surface area contributed by atoms with Crippen molar-refractivity contribution < 1.29 is 4.79 Å². The first-order valence-electron chi connectivity index (χ1n) is 7.54. The Labute approximate surface area is 154 Å². The third kappa shape index (κ3) is 3.48. The van der Waals surface area contributed by atoms with Crippen molar-refractivity contribution in [2.24, 2.45) is 0 Å². The molecular formula is C18H17IN4O. The molecule has 6 heteroatoms. The first kappa shape index (κ1) is 16.6. The minimum Gasteiger partial charge on any atom is -0.335 e. The van der Waals surface area contributed by atoms with Crippen molar-refractivity contribution in [1.82, 2.24) is 19.7 Å². The normalized spacial score (nSPS) is 12.0. The van der Waals surface area contributed by atoms with E-state index in [1.807, 2.05) is 62.5 Å². The number of rotatable bonds is 4. The van der Waals surface area contributed by atoms with Crippen LogP contribution in [0.5, 0.6) is 0 Å². The van der Waals surface area contributed by atoms with Gasteiger partial charge in [-0.3, -0.25) is 4.79 Å². The van der Waals surface area contributed by atoms with Crippen LogP contribution in [-0.2, 0) is 0 Å². The van der Waals surface area contributed by atoms with Gasteiger partial charge in [-0.25, -0.2) is 9.67 Å². The third-order valence-electron chi connectivity index (χ3n) is 4.05. The second-order valence-corrected chi connectivity index (χ2v) is 6.78. The molecule has 3 aromatic rings. The maximum atomic E-state index is 12.6. The SMILES string of the molecule is C[C@H](c1ccc(-n2cncn2)cc1)N(C)C(=O)c1ccc(I)cc1. The van der Waals surface area contributed by atoms with Crippen LogP contribution in [0, 0.1) is 3.57 Å². The number of halogens is 1. The zero-order valence-corrected chi connectivity index (χ0v) is 15.6. The molecule has 0 saturated heterocycles. The molecule has 0 bridgehead atoms. The summed E-state index contributed by atoms with van der Waals surface area (Å²) in [4.78, 5) is 18.3. The summed E-state index contributed by atoms with van der Waals surface area (Å²) in [5.74, 6) is 0.0132. The zero-order chi connectivity index (χ0) is 17.1. The Morgan fingerprint density at radius 1 is 1.12 bits per heavy atom. The number of carbonyl (C=O) groups excluding carboxylic acids is 1. The highest BCUT2D eigenvalue weighted by atomic mass is 127. The van der Waals surface area contributed by atoms with E-state index in [1.54, 1.807) is 15.9 Å². The van der Waals surface area contributed by atoms with Crippen LogP contribution in [-0.4, -0.2) is 32.6 Å². The van der Waals surface area contributed by atoms with Gasteiger partial charge in [0.1, 0.15) is 12.7 Å². The molecule has 0 radical (unpaired) electrons. The molecule has 0 aliphatic rings. The molecule has 0 fully saturated rings. The van der Waals surface area contributed by atoms with E-state index >= 15 is 0 Å². The summed E-state index contributed by atoms with van der Waals surface area (Å²) in [5.41, 5.74) is 2.71. The molecular weight excluding hydrogens is 415 g/mol. The summed E-state index contributed by atoms with van der Waals surface area (Å²) < 4.78 is 2.82. The van der Waals surface area contributed by atoms with E-state index in [2.05, 4.69) is 32.7 Å². The minimum absolute atomic E-state index is 0.0132. The van der Waals surface area contributed by atoms with E-state index in [1.165, 1.54) is 6.33 Å². The van der Waals surface area contributed by atoms with Crippen molar-refractivity contribution in [2.75, 3.05) is 7.05 Å². The van der Waals surface area contributed by atoms with E-state index in [4.69, 9.17) is 0 Å². The van der Waals surface area contributed by atoms with Gasteiger partial charge in [0.25, 0.3) is 5.91 Å². The van der Waals surface area contributed by atoms with Crippen LogP contribution in [0.25, 0.3) is 5.69 Å². The van der Waals surface area contributed by atoms with Crippen LogP contribution >= 0.6 is 22.6 Å². The van der Waals surface area contributed by atoms with Gasteiger partial charge in [-0.2, -0.15) is 5.10 Å². The van der Waals surface area contributed by atoms with Gasteiger partial charge in [-0.15, -0.1) is 0 Å². The molecule has 0 spiro atoms. The standard InChI is InChI=1S/C18H17IN4O/c1-13(22(2)18(24)15-3-7-16(19)8-4-15)14-5-9-17(10-6-14)23-12-20-11-21-23/h3-13H,1-2H3/t13-/m1/s1. The van der Waals surface area contributed by atoms with E-state index in [0.29, 0.717) is 5.56 Å². The number of amides is 1. The van der Waals surface area contributed by atoms with Gasteiger partial charge in [-0.1, -0.05) is 12.1 Å². The van der Waals surface area contributed by atoms with Gasteiger partial charge < -0.3 is 4.90 Å². The number of carbonyl (C=O) groups is 1. The maximum Gasteiger partial charge on any atom is 0.254 e. The van der Waals surface area contributed by atoms with Crippen molar-refractivity contribution in [3.05, 3.63) is 75.9 Å². The highest BCUT2D eigenvalue weighted by Gasteiger charge is 2.18. The Kier molecular flexibility index (Phi) is 4.94. The summed E-state index contributed by atoms with van der Waals surface area (Å²) in [7, 11) is 1.83. The monoisotopic (exact) mass is 432 g/mol. The Morgan fingerprint density at radius 2 is 1.79 bits per heavy atom. The molecule has 0 unspecified atom stereocenters. The summed E-state index contributed by atoms with van der Waals surface area (Å²) >= 11 is 2.23. The Balaban J connectivity index is 1.76. The van der Waals surface area contributed by atoms with Crippen molar-refractivity contribution in [3.8, 4) is 5.69 Å². The highest BCUT2D eigenvalue weighted by Crippen LogP contribution is 2.22. The lowest BCUT2D eigenvalue weighted by Crippen LogP contribution is -2.29. The minimum atomic E-state index is -0.0263. The predicted molar refractivity (Wildman–Crippen MR) is 101 cm³/mol. The van der Waals surface area contributed by atoms with Crippen molar-refractivity contribution in [3.63, 3.8) is 0 Å². The second-order valence-electron chi connectivity index (χ2n) is 5.53. The lowest BCUT2D eigenvalue weighted by molar-refractivity contribution is 0.0742. The lowest BCUT2D eigenvalue weighted by atomic mass is 10.1. The number of benzene rings is 2. The number of nitrogens with zero attached hydrogens (tertiary/aromatic N) is 4. The smallest absolute Gasteiger partial charge is 0.254 e. The molecule has 0 aliphatic carbocycles. The molecule has 2 aromatic carbocycles. The van der Waals surface area contributed by atoms with Crippen molar-refractivity contribution >= 4 is 28.5 Å². The largest absolute Gasteiger partial charge is 0.335 e. The maximum absolute atomic E-state index is 12.6. The van der Waals surface area contributed by atoms with Gasteiger partial charge in [-0.05, 0) is 71.5 Å². The summed E-state index contributed by atoms with van der Waals surface area (Å²) in [6.45, 7) is 2.02. The van der Waals surface area contributed by atoms with E-state index in [9.17, 15) is 4.79 Å². The molecule has 0 aliphatic heterocycles. The summed E-state index contributed by atoms with van der Waals surface area (Å²) in [6, 6.07) is 15.6. The van der Waals surface area contributed by atoms with Crippen molar-refractivity contribution in [1.29, 1.82) is 0 Å². The lowest BCUT2D eigenvalue weighted by Gasteiger charge is -2.25.